The smallest absolute Gasteiger partial charge is 0.255 e. The Balaban J connectivity index is 1.35. The van der Waals surface area contributed by atoms with Crippen LogP contribution in [0, 0.1) is 6.92 Å². The summed E-state index contributed by atoms with van der Waals surface area (Å²) in [6.45, 7) is 3.85. The summed E-state index contributed by atoms with van der Waals surface area (Å²) in [7, 11) is 1.57. The van der Waals surface area contributed by atoms with Gasteiger partial charge in [-0.25, -0.2) is 9.97 Å². The Morgan fingerprint density at radius 1 is 1.16 bits per heavy atom. The van der Waals surface area contributed by atoms with Gasteiger partial charge in [-0.15, -0.1) is 0 Å². The highest BCUT2D eigenvalue weighted by atomic mass is 16.5. The van der Waals surface area contributed by atoms with Crippen LogP contribution in [0.25, 0.3) is 11.1 Å². The monoisotopic (exact) mass is 432 g/mol. The van der Waals surface area contributed by atoms with Crippen molar-refractivity contribution >= 4 is 17.4 Å². The number of carbonyl (C=O) groups is 1. The van der Waals surface area contributed by atoms with Crippen LogP contribution in [0.5, 0.6) is 11.6 Å². The summed E-state index contributed by atoms with van der Waals surface area (Å²) in [5.74, 6) is 1.78. The second kappa shape index (κ2) is 8.47. The molecule has 1 fully saturated rings. The van der Waals surface area contributed by atoms with Crippen molar-refractivity contribution in [3.8, 4) is 22.8 Å². The summed E-state index contributed by atoms with van der Waals surface area (Å²) in [6.07, 6.45) is 4.51. The molecule has 1 atom stereocenters. The van der Waals surface area contributed by atoms with E-state index in [1.54, 1.807) is 13.3 Å². The van der Waals surface area contributed by atoms with Gasteiger partial charge in [0.1, 0.15) is 17.7 Å². The molecule has 2 aliphatic heterocycles. The number of aromatic nitrogens is 2. The van der Waals surface area contributed by atoms with Gasteiger partial charge in [0.05, 0.1) is 37.8 Å². The molecule has 8 heteroatoms. The summed E-state index contributed by atoms with van der Waals surface area (Å²) in [5.41, 5.74) is 5.36. The molecule has 1 amide bonds. The summed E-state index contributed by atoms with van der Waals surface area (Å²) in [6, 6.07) is 9.55. The lowest BCUT2D eigenvalue weighted by molar-refractivity contribution is 0.0963. The molecule has 164 valence electrons. The van der Waals surface area contributed by atoms with Crippen LogP contribution in [0.15, 0.2) is 42.7 Å². The number of pyridine rings is 2. The van der Waals surface area contributed by atoms with E-state index >= 15 is 0 Å². The minimum atomic E-state index is -0.108. The number of hydrogen-bond donors (Lipinski definition) is 2. The zero-order valence-electron chi connectivity index (χ0n) is 18.0. The number of benzene rings is 1. The molecule has 1 aromatic carbocycles. The van der Waals surface area contributed by atoms with Gasteiger partial charge in [-0.2, -0.15) is 0 Å². The van der Waals surface area contributed by atoms with Gasteiger partial charge in [0.25, 0.3) is 5.91 Å². The third-order valence-corrected chi connectivity index (χ3v) is 5.73. The number of aryl methyl sites for hydroxylation is 1. The molecule has 2 aliphatic rings. The fourth-order valence-corrected chi connectivity index (χ4v) is 4.09. The maximum Gasteiger partial charge on any atom is 0.255 e. The molecule has 0 bridgehead atoms. The van der Waals surface area contributed by atoms with Crippen LogP contribution in [-0.2, 0) is 11.3 Å². The average Bonchev–Trinajstić information content (AvgIpc) is 3.45. The Bertz CT molecular complexity index is 1160. The molecule has 1 saturated heterocycles. The van der Waals surface area contributed by atoms with Gasteiger partial charge in [-0.05, 0) is 41.8 Å². The van der Waals surface area contributed by atoms with Crippen LogP contribution in [0.2, 0.25) is 0 Å². The van der Waals surface area contributed by atoms with Crippen molar-refractivity contribution in [2.75, 3.05) is 25.6 Å². The molecule has 2 aromatic heterocycles. The minimum Gasteiger partial charge on any atom is -0.496 e. The van der Waals surface area contributed by atoms with Crippen LogP contribution in [0.3, 0.4) is 0 Å². The highest BCUT2D eigenvalue weighted by molar-refractivity contribution is 6.03. The number of hydrogen-bond acceptors (Lipinski definition) is 7. The summed E-state index contributed by atoms with van der Waals surface area (Å²) in [5, 5.41) is 6.17. The predicted molar refractivity (Wildman–Crippen MR) is 120 cm³/mol. The standard InChI is InChI=1S/C24H24N4O4/c1-14-9-21(28-15-3-6-22(26-10-15)32-16-7-8-31-13-16)25-11-18(14)17-4-5-20(30-2)23-19(17)12-27-24(23)29/h3-6,9-11,16H,7-8,12-13H2,1-2H3,(H,25,28)(H,27,29)/t16-/m1/s1. The third kappa shape index (κ3) is 3.85. The lowest BCUT2D eigenvalue weighted by Gasteiger charge is -2.14. The number of methoxy groups -OCH3 is 1. The van der Waals surface area contributed by atoms with Gasteiger partial charge in [-0.1, -0.05) is 6.07 Å². The molecule has 2 N–H and O–H groups in total. The molecule has 0 saturated carbocycles. The number of amides is 1. The number of rotatable bonds is 6. The molecule has 4 heterocycles. The highest BCUT2D eigenvalue weighted by Crippen LogP contribution is 2.36. The van der Waals surface area contributed by atoms with Crippen LogP contribution in [-0.4, -0.2) is 42.3 Å². The largest absolute Gasteiger partial charge is 0.496 e. The van der Waals surface area contributed by atoms with Crippen molar-refractivity contribution in [3.63, 3.8) is 0 Å². The molecule has 32 heavy (non-hydrogen) atoms. The van der Waals surface area contributed by atoms with Crippen LogP contribution in [0.4, 0.5) is 11.5 Å². The summed E-state index contributed by atoms with van der Waals surface area (Å²) < 4.78 is 16.5. The molecule has 3 aromatic rings. The second-order valence-electron chi connectivity index (χ2n) is 7.85. The van der Waals surface area contributed by atoms with E-state index in [0.717, 1.165) is 41.0 Å². The Morgan fingerprint density at radius 3 is 2.78 bits per heavy atom. The lowest BCUT2D eigenvalue weighted by Crippen LogP contribution is -2.16. The Morgan fingerprint density at radius 2 is 2.06 bits per heavy atom. The average molecular weight is 432 g/mol. The lowest BCUT2D eigenvalue weighted by atomic mass is 9.94. The van der Waals surface area contributed by atoms with Gasteiger partial charge in [-0.3, -0.25) is 4.79 Å². The van der Waals surface area contributed by atoms with Gasteiger partial charge in [0, 0.05) is 30.8 Å². The van der Waals surface area contributed by atoms with Crippen LogP contribution >= 0.6 is 0 Å². The quantitative estimate of drug-likeness (QED) is 0.614. The first-order valence-corrected chi connectivity index (χ1v) is 10.5. The SMILES string of the molecule is COc1ccc(-c2cnc(Nc3ccc(O[C@@H]4CCOC4)nc3)cc2C)c2c1C(=O)NC2. The van der Waals surface area contributed by atoms with Crippen molar-refractivity contribution in [2.24, 2.45) is 0 Å². The Labute approximate surface area is 185 Å². The van der Waals surface area contributed by atoms with Gasteiger partial charge < -0.3 is 24.8 Å². The number of carbonyl (C=O) groups excluding carboxylic acids is 1. The van der Waals surface area contributed by atoms with E-state index < -0.39 is 0 Å². The molecular weight excluding hydrogens is 408 g/mol. The topological polar surface area (TPSA) is 94.6 Å². The van der Waals surface area contributed by atoms with E-state index in [9.17, 15) is 4.79 Å². The molecule has 0 radical (unpaired) electrons. The summed E-state index contributed by atoms with van der Waals surface area (Å²) >= 11 is 0. The summed E-state index contributed by atoms with van der Waals surface area (Å²) in [4.78, 5) is 21.2. The first-order valence-electron chi connectivity index (χ1n) is 10.5. The molecule has 0 unspecified atom stereocenters. The highest BCUT2D eigenvalue weighted by Gasteiger charge is 2.27. The van der Waals surface area contributed by atoms with Crippen molar-refractivity contribution < 1.29 is 19.0 Å². The maximum atomic E-state index is 12.3. The van der Waals surface area contributed by atoms with E-state index in [0.29, 0.717) is 36.2 Å². The predicted octanol–water partition coefficient (Wildman–Crippen LogP) is 3.62. The first kappa shape index (κ1) is 20.3. The maximum absolute atomic E-state index is 12.3. The number of anilines is 2. The Kier molecular flexibility index (Phi) is 5.36. The zero-order chi connectivity index (χ0) is 22.1. The normalized spacial score (nSPS) is 17.1. The number of nitrogens with zero attached hydrogens (tertiary/aromatic N) is 2. The fourth-order valence-electron chi connectivity index (χ4n) is 4.09. The number of nitrogens with one attached hydrogen (secondary N) is 2. The molecule has 0 spiro atoms. The van der Waals surface area contributed by atoms with Crippen molar-refractivity contribution in [1.29, 1.82) is 0 Å². The van der Waals surface area contributed by atoms with Crippen molar-refractivity contribution in [3.05, 3.63) is 59.4 Å². The number of ether oxygens (including phenoxy) is 3. The van der Waals surface area contributed by atoms with E-state index in [-0.39, 0.29) is 12.0 Å². The fraction of sp³-hybridized carbons (Fsp3) is 0.292. The third-order valence-electron chi connectivity index (χ3n) is 5.73. The van der Waals surface area contributed by atoms with E-state index in [4.69, 9.17) is 14.2 Å². The van der Waals surface area contributed by atoms with E-state index in [2.05, 4.69) is 20.6 Å². The van der Waals surface area contributed by atoms with Gasteiger partial charge >= 0.3 is 0 Å². The second-order valence-corrected chi connectivity index (χ2v) is 7.85. The van der Waals surface area contributed by atoms with Crippen molar-refractivity contribution in [2.45, 2.75) is 26.0 Å². The van der Waals surface area contributed by atoms with E-state index in [1.165, 1.54) is 0 Å². The number of fused-ring (bicyclic) bond motifs is 1. The van der Waals surface area contributed by atoms with Gasteiger partial charge in [0.15, 0.2) is 0 Å². The van der Waals surface area contributed by atoms with Crippen molar-refractivity contribution in [1.82, 2.24) is 15.3 Å². The van der Waals surface area contributed by atoms with Gasteiger partial charge in [0.2, 0.25) is 5.88 Å². The molecule has 5 rings (SSSR count). The Hall–Kier alpha value is -3.65. The van der Waals surface area contributed by atoms with E-state index in [1.807, 2.05) is 43.5 Å². The first-order chi connectivity index (χ1) is 15.6. The molecule has 8 nitrogen and oxygen atoms in total. The minimum absolute atomic E-state index is 0.0723. The molecule has 0 aliphatic carbocycles. The van der Waals surface area contributed by atoms with Crippen LogP contribution in [0.1, 0.15) is 27.9 Å². The molecular formula is C24H24N4O4. The zero-order valence-corrected chi connectivity index (χ0v) is 18.0. The van der Waals surface area contributed by atoms with Crippen LogP contribution < -0.4 is 20.1 Å².